The molecule has 0 aliphatic carbocycles. The molecule has 10 heteroatoms. The van der Waals surface area contributed by atoms with Crippen LogP contribution in [0.4, 0.5) is 11.6 Å². The molecule has 2 saturated heterocycles. The molecule has 2 aliphatic heterocycles. The van der Waals surface area contributed by atoms with Crippen LogP contribution in [-0.2, 0) is 10.0 Å². The van der Waals surface area contributed by atoms with E-state index in [2.05, 4.69) is 26.9 Å². The van der Waals surface area contributed by atoms with Crippen LogP contribution >= 0.6 is 23.2 Å². The molecule has 1 unspecified atom stereocenters. The molecule has 0 radical (unpaired) electrons. The lowest BCUT2D eigenvalue weighted by atomic mass is 10.0. The zero-order valence-electron chi connectivity index (χ0n) is 16.8. The van der Waals surface area contributed by atoms with Gasteiger partial charge in [-0.1, -0.05) is 23.2 Å². The minimum Gasteiger partial charge on any atom is -0.352 e. The summed E-state index contributed by atoms with van der Waals surface area (Å²) in [7, 11) is -3.70. The summed E-state index contributed by atoms with van der Waals surface area (Å²) in [5.41, 5.74) is 0. The molecule has 0 spiro atoms. The molecule has 2 aromatic rings. The van der Waals surface area contributed by atoms with Crippen molar-refractivity contribution in [1.29, 1.82) is 0 Å². The minimum atomic E-state index is -3.70. The number of halogens is 2. The van der Waals surface area contributed by atoms with E-state index in [1.165, 1.54) is 35.7 Å². The summed E-state index contributed by atoms with van der Waals surface area (Å²) < 4.78 is 27.4. The van der Waals surface area contributed by atoms with Gasteiger partial charge in [0, 0.05) is 43.8 Å². The smallest absolute Gasteiger partial charge is 0.244 e. The Bertz CT molecular complexity index is 995. The molecule has 30 heavy (non-hydrogen) atoms. The first kappa shape index (κ1) is 21.6. The van der Waals surface area contributed by atoms with E-state index >= 15 is 0 Å². The molecule has 0 N–H and O–H groups in total. The Balaban J connectivity index is 1.42. The fraction of sp³-hybridized carbons (Fsp3) is 0.500. The third-order valence-corrected chi connectivity index (χ3v) is 8.42. The Morgan fingerprint density at radius 2 is 1.63 bits per heavy atom. The van der Waals surface area contributed by atoms with Crippen molar-refractivity contribution in [2.45, 2.75) is 37.1 Å². The second kappa shape index (κ2) is 8.86. The highest BCUT2D eigenvalue weighted by molar-refractivity contribution is 7.89. The molecule has 1 atom stereocenters. The normalized spacial score (nSPS) is 21.1. The van der Waals surface area contributed by atoms with Crippen LogP contribution in [0.3, 0.4) is 0 Å². The molecule has 7 nitrogen and oxygen atoms in total. The van der Waals surface area contributed by atoms with E-state index < -0.39 is 10.0 Å². The van der Waals surface area contributed by atoms with Gasteiger partial charge in [-0.2, -0.15) is 4.31 Å². The number of benzene rings is 1. The zero-order chi connectivity index (χ0) is 21.3. The van der Waals surface area contributed by atoms with E-state index in [-0.39, 0.29) is 9.92 Å². The number of anilines is 2. The highest BCUT2D eigenvalue weighted by Crippen LogP contribution is 2.29. The Kier molecular flexibility index (Phi) is 6.39. The number of piperazine rings is 1. The predicted octanol–water partition coefficient (Wildman–Crippen LogP) is 3.67. The number of aromatic nitrogens is 2. The lowest BCUT2D eigenvalue weighted by Gasteiger charge is -2.36. The van der Waals surface area contributed by atoms with E-state index in [9.17, 15) is 8.42 Å². The molecule has 0 saturated carbocycles. The van der Waals surface area contributed by atoms with Crippen LogP contribution in [0.1, 0.15) is 26.2 Å². The van der Waals surface area contributed by atoms with Gasteiger partial charge in [-0.15, -0.1) is 10.2 Å². The van der Waals surface area contributed by atoms with Gasteiger partial charge < -0.3 is 9.80 Å². The maximum atomic E-state index is 13.0. The molecule has 3 heterocycles. The lowest BCUT2D eigenvalue weighted by Crippen LogP contribution is -2.49. The van der Waals surface area contributed by atoms with Crippen molar-refractivity contribution < 1.29 is 8.42 Å². The molecule has 1 aromatic carbocycles. The number of rotatable bonds is 4. The van der Waals surface area contributed by atoms with Crippen LogP contribution < -0.4 is 9.80 Å². The summed E-state index contributed by atoms with van der Waals surface area (Å²) in [5, 5.41) is 9.36. The quantitative estimate of drug-likeness (QED) is 0.679. The van der Waals surface area contributed by atoms with Gasteiger partial charge in [0.05, 0.1) is 5.02 Å². The summed E-state index contributed by atoms with van der Waals surface area (Å²) in [6.45, 7) is 4.99. The Labute approximate surface area is 187 Å². The fourth-order valence-electron chi connectivity index (χ4n) is 4.05. The Hall–Kier alpha value is -1.61. The molecule has 4 rings (SSSR count). The number of sulfonamides is 1. The van der Waals surface area contributed by atoms with Gasteiger partial charge in [0.15, 0.2) is 11.6 Å². The zero-order valence-corrected chi connectivity index (χ0v) is 19.2. The maximum absolute atomic E-state index is 13.0. The molecule has 162 valence electrons. The van der Waals surface area contributed by atoms with E-state index in [0.717, 1.165) is 18.2 Å². The van der Waals surface area contributed by atoms with Crippen LogP contribution in [0.15, 0.2) is 35.2 Å². The van der Waals surface area contributed by atoms with Crippen LogP contribution in [-0.4, -0.2) is 61.7 Å². The molecule has 2 fully saturated rings. The minimum absolute atomic E-state index is 0.0462. The Morgan fingerprint density at radius 1 is 0.933 bits per heavy atom. The summed E-state index contributed by atoms with van der Waals surface area (Å²) in [5.74, 6) is 1.67. The van der Waals surface area contributed by atoms with Gasteiger partial charge in [0.1, 0.15) is 4.90 Å². The van der Waals surface area contributed by atoms with E-state index in [1.54, 1.807) is 6.07 Å². The van der Waals surface area contributed by atoms with E-state index in [1.807, 2.05) is 12.1 Å². The van der Waals surface area contributed by atoms with Gasteiger partial charge in [0.2, 0.25) is 10.0 Å². The standard InChI is InChI=1S/C20H25Cl2N5O2S/c1-15-4-2-3-9-27(15)20-8-7-19(23-24-20)25-10-12-26(13-11-25)30(28,29)18-14-16(21)5-6-17(18)22/h5-8,14-15H,2-4,9-13H2,1H3. The molecule has 2 aliphatic rings. The molecule has 0 amide bonds. The second-order valence-electron chi connectivity index (χ2n) is 7.75. The van der Waals surface area contributed by atoms with Crippen molar-refractivity contribution in [2.24, 2.45) is 0 Å². The first-order chi connectivity index (χ1) is 14.4. The van der Waals surface area contributed by atoms with Crippen LogP contribution in [0.2, 0.25) is 10.0 Å². The number of hydrogen-bond acceptors (Lipinski definition) is 6. The monoisotopic (exact) mass is 469 g/mol. The van der Waals surface area contributed by atoms with Crippen molar-refractivity contribution in [3.63, 3.8) is 0 Å². The van der Waals surface area contributed by atoms with Crippen molar-refractivity contribution in [3.8, 4) is 0 Å². The van der Waals surface area contributed by atoms with Crippen molar-refractivity contribution in [2.75, 3.05) is 42.5 Å². The Morgan fingerprint density at radius 3 is 2.30 bits per heavy atom. The highest BCUT2D eigenvalue weighted by atomic mass is 35.5. The molecular weight excluding hydrogens is 445 g/mol. The third-order valence-electron chi connectivity index (χ3n) is 5.81. The van der Waals surface area contributed by atoms with Crippen LogP contribution in [0.25, 0.3) is 0 Å². The lowest BCUT2D eigenvalue weighted by molar-refractivity contribution is 0.383. The second-order valence-corrected chi connectivity index (χ2v) is 10.5. The molecule has 1 aromatic heterocycles. The SMILES string of the molecule is CC1CCCCN1c1ccc(N2CCN(S(=O)(=O)c3cc(Cl)ccc3Cl)CC2)nn1. The first-order valence-corrected chi connectivity index (χ1v) is 12.4. The van der Waals surface area contributed by atoms with Gasteiger partial charge in [-0.3, -0.25) is 0 Å². The number of nitrogens with zero attached hydrogens (tertiary/aromatic N) is 5. The van der Waals surface area contributed by atoms with Crippen molar-refractivity contribution in [1.82, 2.24) is 14.5 Å². The van der Waals surface area contributed by atoms with Gasteiger partial charge in [-0.25, -0.2) is 8.42 Å². The highest BCUT2D eigenvalue weighted by Gasteiger charge is 2.31. The summed E-state index contributed by atoms with van der Waals surface area (Å²) in [6, 6.07) is 8.95. The molecule has 0 bridgehead atoms. The predicted molar refractivity (Wildman–Crippen MR) is 120 cm³/mol. The average Bonchev–Trinajstić information content (AvgIpc) is 2.76. The number of piperidine rings is 1. The number of hydrogen-bond donors (Lipinski definition) is 0. The molecular formula is C20H25Cl2N5O2S. The van der Waals surface area contributed by atoms with Crippen molar-refractivity contribution in [3.05, 3.63) is 40.4 Å². The van der Waals surface area contributed by atoms with Gasteiger partial charge in [0.25, 0.3) is 0 Å². The van der Waals surface area contributed by atoms with Gasteiger partial charge in [-0.05, 0) is 56.5 Å². The first-order valence-electron chi connectivity index (χ1n) is 10.2. The van der Waals surface area contributed by atoms with E-state index in [0.29, 0.717) is 37.2 Å². The van der Waals surface area contributed by atoms with E-state index in [4.69, 9.17) is 23.2 Å². The third kappa shape index (κ3) is 4.37. The summed E-state index contributed by atoms with van der Waals surface area (Å²) >= 11 is 12.1. The average molecular weight is 470 g/mol. The van der Waals surface area contributed by atoms with Crippen LogP contribution in [0, 0.1) is 0 Å². The fourth-order valence-corrected chi connectivity index (χ4v) is 6.21. The summed E-state index contributed by atoms with van der Waals surface area (Å²) in [6.07, 6.45) is 3.62. The maximum Gasteiger partial charge on any atom is 0.244 e. The largest absolute Gasteiger partial charge is 0.352 e. The summed E-state index contributed by atoms with van der Waals surface area (Å²) in [4.78, 5) is 4.41. The topological polar surface area (TPSA) is 69.6 Å². The van der Waals surface area contributed by atoms with Gasteiger partial charge >= 0.3 is 0 Å². The van der Waals surface area contributed by atoms with Crippen molar-refractivity contribution >= 4 is 44.9 Å². The van der Waals surface area contributed by atoms with Crippen LogP contribution in [0.5, 0.6) is 0 Å².